The molecule has 0 aliphatic carbocycles. The molecule has 20 heavy (non-hydrogen) atoms. The van der Waals surface area contributed by atoms with Gasteiger partial charge in [0.1, 0.15) is 11.6 Å². The lowest BCUT2D eigenvalue weighted by Crippen LogP contribution is -2.52. The molecule has 1 aromatic rings. The summed E-state index contributed by atoms with van der Waals surface area (Å²) in [7, 11) is 0. The first kappa shape index (κ1) is 15.0. The molecule has 0 aromatic carbocycles. The van der Waals surface area contributed by atoms with Crippen molar-refractivity contribution in [1.29, 1.82) is 0 Å². The van der Waals surface area contributed by atoms with Crippen molar-refractivity contribution < 1.29 is 0 Å². The molecule has 0 saturated carbocycles. The topological polar surface area (TPSA) is 61.0 Å². The monoisotopic (exact) mass is 278 g/mol. The summed E-state index contributed by atoms with van der Waals surface area (Å²) in [5, 5.41) is 3.58. The molecule has 5 heteroatoms. The Morgan fingerprint density at radius 3 is 3.05 bits per heavy atom. The van der Waals surface area contributed by atoms with Crippen LogP contribution in [0, 0.1) is 6.92 Å². The third kappa shape index (κ3) is 3.60. The highest BCUT2D eigenvalue weighted by Gasteiger charge is 2.28. The molecule has 1 aliphatic heterocycles. The van der Waals surface area contributed by atoms with Crippen molar-refractivity contribution in [3.63, 3.8) is 0 Å². The van der Waals surface area contributed by atoms with Crippen LogP contribution >= 0.6 is 0 Å². The molecule has 0 radical (unpaired) electrons. The van der Waals surface area contributed by atoms with Gasteiger partial charge in [-0.25, -0.2) is 4.98 Å². The summed E-state index contributed by atoms with van der Waals surface area (Å²) < 4.78 is 0. The fraction of sp³-hybridized carbons (Fsp3) is 0.733. The summed E-state index contributed by atoms with van der Waals surface area (Å²) in [4.78, 5) is 21.2. The predicted molar refractivity (Wildman–Crippen MR) is 82.3 cm³/mol. The van der Waals surface area contributed by atoms with Gasteiger partial charge in [0.05, 0.1) is 0 Å². The van der Waals surface area contributed by atoms with E-state index in [1.54, 1.807) is 6.07 Å². The molecular weight excluding hydrogens is 252 g/mol. The lowest BCUT2D eigenvalue weighted by molar-refractivity contribution is 0.366. The summed E-state index contributed by atoms with van der Waals surface area (Å²) >= 11 is 0. The smallest absolute Gasteiger partial charge is 0.252 e. The van der Waals surface area contributed by atoms with E-state index in [4.69, 9.17) is 0 Å². The molecule has 0 amide bonds. The Morgan fingerprint density at radius 2 is 2.35 bits per heavy atom. The highest BCUT2D eigenvalue weighted by atomic mass is 16.1. The Morgan fingerprint density at radius 1 is 1.55 bits per heavy atom. The number of aromatic amines is 1. The maximum atomic E-state index is 11.7. The quantitative estimate of drug-likeness (QED) is 0.862. The number of rotatable bonds is 5. The van der Waals surface area contributed by atoms with Gasteiger partial charge in [0.2, 0.25) is 0 Å². The normalized spacial score (nSPS) is 20.9. The van der Waals surface area contributed by atoms with Crippen LogP contribution in [0.1, 0.15) is 45.4 Å². The van der Waals surface area contributed by atoms with Crippen molar-refractivity contribution in [3.05, 3.63) is 22.2 Å². The standard InChI is InChI=1S/C15H26N4O/c1-4-8-16-11(2)13-7-5-6-9-19(13)14-10-15(20)18-12(3)17-14/h10-11,13,16H,4-9H2,1-3H3,(H,17,18,20). The third-order valence-corrected chi connectivity index (χ3v) is 3.98. The van der Waals surface area contributed by atoms with Crippen LogP contribution in [0.2, 0.25) is 0 Å². The van der Waals surface area contributed by atoms with Crippen molar-refractivity contribution in [2.75, 3.05) is 18.0 Å². The molecule has 2 heterocycles. The average Bonchev–Trinajstić information content (AvgIpc) is 2.43. The fourth-order valence-electron chi connectivity index (χ4n) is 2.98. The van der Waals surface area contributed by atoms with Crippen LogP contribution in [0.3, 0.4) is 0 Å². The second-order valence-electron chi connectivity index (χ2n) is 5.69. The van der Waals surface area contributed by atoms with Crippen LogP contribution in [0.25, 0.3) is 0 Å². The molecule has 112 valence electrons. The molecule has 0 bridgehead atoms. The van der Waals surface area contributed by atoms with Crippen LogP contribution in [-0.4, -0.2) is 35.1 Å². The molecule has 2 unspecified atom stereocenters. The first-order valence-electron chi connectivity index (χ1n) is 7.69. The van der Waals surface area contributed by atoms with Gasteiger partial charge in [-0.1, -0.05) is 6.92 Å². The Labute approximate surface area is 120 Å². The van der Waals surface area contributed by atoms with Gasteiger partial charge in [0.15, 0.2) is 0 Å². The largest absolute Gasteiger partial charge is 0.352 e. The van der Waals surface area contributed by atoms with Gasteiger partial charge in [-0.05, 0) is 46.1 Å². The maximum Gasteiger partial charge on any atom is 0.252 e. The van der Waals surface area contributed by atoms with E-state index in [1.165, 1.54) is 12.8 Å². The van der Waals surface area contributed by atoms with Gasteiger partial charge in [0.25, 0.3) is 5.56 Å². The lowest BCUT2D eigenvalue weighted by atomic mass is 9.96. The fourth-order valence-corrected chi connectivity index (χ4v) is 2.98. The highest BCUT2D eigenvalue weighted by molar-refractivity contribution is 5.40. The molecule has 1 saturated heterocycles. The van der Waals surface area contributed by atoms with Crippen LogP contribution in [0.5, 0.6) is 0 Å². The molecule has 1 aliphatic rings. The van der Waals surface area contributed by atoms with E-state index in [9.17, 15) is 4.79 Å². The van der Waals surface area contributed by atoms with E-state index in [1.807, 2.05) is 6.92 Å². The second kappa shape index (κ2) is 6.88. The van der Waals surface area contributed by atoms with Gasteiger partial charge in [0, 0.05) is 24.7 Å². The first-order valence-corrected chi connectivity index (χ1v) is 7.69. The number of nitrogens with zero attached hydrogens (tertiary/aromatic N) is 2. The predicted octanol–water partition coefficient (Wildman–Crippen LogP) is 1.83. The molecule has 2 N–H and O–H groups in total. The number of aromatic nitrogens is 2. The minimum absolute atomic E-state index is 0.0639. The average molecular weight is 278 g/mol. The van der Waals surface area contributed by atoms with Crippen LogP contribution < -0.4 is 15.8 Å². The van der Waals surface area contributed by atoms with Gasteiger partial charge < -0.3 is 15.2 Å². The van der Waals surface area contributed by atoms with Gasteiger partial charge in [-0.15, -0.1) is 0 Å². The Bertz CT molecular complexity index is 485. The van der Waals surface area contributed by atoms with E-state index in [0.717, 1.165) is 31.7 Å². The van der Waals surface area contributed by atoms with Crippen LogP contribution in [0.15, 0.2) is 10.9 Å². The van der Waals surface area contributed by atoms with E-state index < -0.39 is 0 Å². The zero-order chi connectivity index (χ0) is 14.5. The van der Waals surface area contributed by atoms with Crippen molar-refractivity contribution in [2.45, 2.75) is 58.5 Å². The van der Waals surface area contributed by atoms with Gasteiger partial charge in [-0.3, -0.25) is 4.79 Å². The van der Waals surface area contributed by atoms with Crippen molar-refractivity contribution in [2.24, 2.45) is 0 Å². The van der Waals surface area contributed by atoms with Gasteiger partial charge in [-0.2, -0.15) is 0 Å². The number of hydrogen-bond donors (Lipinski definition) is 2. The Hall–Kier alpha value is -1.36. The number of hydrogen-bond acceptors (Lipinski definition) is 4. The summed E-state index contributed by atoms with van der Waals surface area (Å²) in [5.74, 6) is 1.51. The molecule has 2 rings (SSSR count). The summed E-state index contributed by atoms with van der Waals surface area (Å²) in [6, 6.07) is 2.46. The van der Waals surface area contributed by atoms with Gasteiger partial charge >= 0.3 is 0 Å². The number of piperidine rings is 1. The summed E-state index contributed by atoms with van der Waals surface area (Å²) in [6.07, 6.45) is 4.72. The molecule has 0 spiro atoms. The number of aryl methyl sites for hydroxylation is 1. The molecule has 1 aromatic heterocycles. The van der Waals surface area contributed by atoms with Crippen molar-refractivity contribution in [1.82, 2.24) is 15.3 Å². The number of nitrogens with one attached hydrogen (secondary N) is 2. The SMILES string of the molecule is CCCNC(C)C1CCCCN1c1cc(=O)[nH]c(C)n1. The Balaban J connectivity index is 2.19. The summed E-state index contributed by atoms with van der Waals surface area (Å²) in [5.41, 5.74) is -0.0639. The number of anilines is 1. The first-order chi connectivity index (χ1) is 9.61. The molecular formula is C15H26N4O. The maximum absolute atomic E-state index is 11.7. The molecule has 1 fully saturated rings. The zero-order valence-electron chi connectivity index (χ0n) is 12.8. The minimum atomic E-state index is -0.0639. The zero-order valence-corrected chi connectivity index (χ0v) is 12.8. The summed E-state index contributed by atoms with van der Waals surface area (Å²) in [6.45, 7) is 8.27. The third-order valence-electron chi connectivity index (χ3n) is 3.98. The van der Waals surface area contributed by atoms with E-state index in [2.05, 4.69) is 34.0 Å². The van der Waals surface area contributed by atoms with Crippen molar-refractivity contribution in [3.8, 4) is 0 Å². The van der Waals surface area contributed by atoms with E-state index in [-0.39, 0.29) is 5.56 Å². The van der Waals surface area contributed by atoms with Crippen molar-refractivity contribution >= 4 is 5.82 Å². The van der Waals surface area contributed by atoms with Crippen LogP contribution in [0.4, 0.5) is 5.82 Å². The number of H-pyrrole nitrogens is 1. The Kier molecular flexibility index (Phi) is 5.17. The second-order valence-corrected chi connectivity index (χ2v) is 5.69. The van der Waals surface area contributed by atoms with Crippen LogP contribution in [-0.2, 0) is 0 Å². The van der Waals surface area contributed by atoms with E-state index in [0.29, 0.717) is 17.9 Å². The minimum Gasteiger partial charge on any atom is -0.352 e. The molecule has 2 atom stereocenters. The molecule has 5 nitrogen and oxygen atoms in total. The lowest BCUT2D eigenvalue weighted by Gasteiger charge is -2.40. The van der Waals surface area contributed by atoms with E-state index >= 15 is 0 Å². The highest BCUT2D eigenvalue weighted by Crippen LogP contribution is 2.24.